The minimum Gasteiger partial charge on any atom is -0.469 e. The van der Waals surface area contributed by atoms with Gasteiger partial charge in [-0.15, -0.1) is 0 Å². The van der Waals surface area contributed by atoms with E-state index in [1.165, 1.54) is 7.11 Å². The molecule has 0 aromatic rings. The lowest BCUT2D eigenvalue weighted by atomic mass is 9.76. The van der Waals surface area contributed by atoms with Crippen LogP contribution in [0.15, 0.2) is 0 Å². The van der Waals surface area contributed by atoms with Gasteiger partial charge in [-0.3, -0.25) is 4.79 Å². The first-order chi connectivity index (χ1) is 7.08. The summed E-state index contributed by atoms with van der Waals surface area (Å²) in [6.45, 7) is 13.0. The van der Waals surface area contributed by atoms with Gasteiger partial charge in [0.2, 0.25) is 0 Å². The van der Waals surface area contributed by atoms with Crippen LogP contribution in [0.3, 0.4) is 0 Å². The molecule has 0 aliphatic heterocycles. The van der Waals surface area contributed by atoms with Crippen molar-refractivity contribution in [1.82, 2.24) is 0 Å². The van der Waals surface area contributed by atoms with Crippen LogP contribution in [-0.4, -0.2) is 13.1 Å². The Morgan fingerprint density at radius 3 is 1.94 bits per heavy atom. The Kier molecular flexibility index (Phi) is 5.51. The second kappa shape index (κ2) is 5.70. The molecule has 0 aromatic heterocycles. The highest BCUT2D eigenvalue weighted by Gasteiger charge is 2.31. The van der Waals surface area contributed by atoms with E-state index in [0.29, 0.717) is 5.41 Å². The van der Waals surface area contributed by atoms with Gasteiger partial charge in [-0.25, -0.2) is 0 Å². The van der Waals surface area contributed by atoms with Crippen LogP contribution in [0.25, 0.3) is 0 Å². The molecule has 0 radical (unpaired) electrons. The van der Waals surface area contributed by atoms with Gasteiger partial charge in [0.05, 0.1) is 13.0 Å². The largest absolute Gasteiger partial charge is 0.469 e. The summed E-state index contributed by atoms with van der Waals surface area (Å²) in [5.41, 5.74) is 0.337. The zero-order valence-electron chi connectivity index (χ0n) is 12.0. The lowest BCUT2D eigenvalue weighted by molar-refractivity contribution is -0.149. The quantitative estimate of drug-likeness (QED) is 0.679. The summed E-state index contributed by atoms with van der Waals surface area (Å²) >= 11 is 0. The van der Waals surface area contributed by atoms with E-state index in [1.54, 1.807) is 0 Å². The molecule has 0 aromatic carbocycles. The van der Waals surface area contributed by atoms with Crippen molar-refractivity contribution in [3.63, 3.8) is 0 Å². The van der Waals surface area contributed by atoms with Crippen LogP contribution in [-0.2, 0) is 9.53 Å². The van der Waals surface area contributed by atoms with E-state index in [2.05, 4.69) is 41.5 Å². The number of carbonyl (C=O) groups is 1. The van der Waals surface area contributed by atoms with Crippen molar-refractivity contribution in [2.24, 2.45) is 16.7 Å². The van der Waals surface area contributed by atoms with Crippen LogP contribution in [0.5, 0.6) is 0 Å². The third-order valence-corrected chi connectivity index (χ3v) is 2.95. The number of hydrogen-bond acceptors (Lipinski definition) is 2. The van der Waals surface area contributed by atoms with Gasteiger partial charge >= 0.3 is 5.97 Å². The van der Waals surface area contributed by atoms with Crippen molar-refractivity contribution in [3.05, 3.63) is 0 Å². The molecule has 0 unspecified atom stereocenters. The Balaban J connectivity index is 4.31. The van der Waals surface area contributed by atoms with Crippen LogP contribution < -0.4 is 0 Å². The number of hydrogen-bond donors (Lipinski definition) is 0. The van der Waals surface area contributed by atoms with E-state index < -0.39 is 0 Å². The lowest BCUT2D eigenvalue weighted by Gasteiger charge is -2.29. The standard InChI is InChI=1S/C14H28O2/c1-13(2,3)10-8-9-11(12(15)16-7)14(4,5)6/h11H,8-10H2,1-7H3/t11-/m0/s1. The minimum absolute atomic E-state index is 0.00895. The van der Waals surface area contributed by atoms with Crippen molar-refractivity contribution in [2.45, 2.75) is 60.8 Å². The minimum atomic E-state index is -0.0681. The maximum Gasteiger partial charge on any atom is 0.309 e. The Morgan fingerprint density at radius 1 is 1.12 bits per heavy atom. The highest BCUT2D eigenvalue weighted by molar-refractivity contribution is 5.73. The molecule has 2 nitrogen and oxygen atoms in total. The summed E-state index contributed by atoms with van der Waals surface area (Å²) in [7, 11) is 1.48. The third-order valence-electron chi connectivity index (χ3n) is 2.95. The van der Waals surface area contributed by atoms with E-state index in [1.807, 2.05) is 0 Å². The van der Waals surface area contributed by atoms with E-state index in [-0.39, 0.29) is 17.3 Å². The van der Waals surface area contributed by atoms with Gasteiger partial charge in [0.25, 0.3) is 0 Å². The van der Waals surface area contributed by atoms with Crippen LogP contribution in [0, 0.1) is 16.7 Å². The van der Waals surface area contributed by atoms with Gasteiger partial charge in [0.15, 0.2) is 0 Å². The van der Waals surface area contributed by atoms with Crippen LogP contribution in [0.2, 0.25) is 0 Å². The van der Waals surface area contributed by atoms with Gasteiger partial charge in [0, 0.05) is 0 Å². The molecule has 2 heteroatoms. The molecule has 0 amide bonds. The first-order valence-corrected chi connectivity index (χ1v) is 6.16. The predicted octanol–water partition coefficient (Wildman–Crippen LogP) is 4.04. The summed E-state index contributed by atoms with van der Waals surface area (Å²) in [5, 5.41) is 0. The molecule has 0 saturated heterocycles. The van der Waals surface area contributed by atoms with Crippen molar-refractivity contribution in [2.75, 3.05) is 7.11 Å². The second-order valence-corrected chi connectivity index (χ2v) is 6.89. The summed E-state index contributed by atoms with van der Waals surface area (Å²) in [4.78, 5) is 11.7. The van der Waals surface area contributed by atoms with E-state index in [4.69, 9.17) is 4.74 Å². The number of ether oxygens (including phenoxy) is 1. The fourth-order valence-electron chi connectivity index (χ4n) is 1.88. The summed E-state index contributed by atoms with van der Waals surface area (Å²) < 4.78 is 4.88. The Hall–Kier alpha value is -0.530. The smallest absolute Gasteiger partial charge is 0.309 e. The summed E-state index contributed by atoms with van der Waals surface area (Å²) in [5.74, 6) is -0.0544. The number of rotatable bonds is 4. The van der Waals surface area contributed by atoms with Crippen molar-refractivity contribution >= 4 is 5.97 Å². The predicted molar refractivity (Wildman–Crippen MR) is 68.3 cm³/mol. The SMILES string of the molecule is COC(=O)[C@H](CCCC(C)(C)C)C(C)(C)C. The third kappa shape index (κ3) is 6.14. The van der Waals surface area contributed by atoms with Crippen LogP contribution >= 0.6 is 0 Å². The molecule has 0 spiro atoms. The Labute approximate surface area is 101 Å². The van der Waals surface area contributed by atoms with E-state index in [0.717, 1.165) is 19.3 Å². The van der Waals surface area contributed by atoms with Crippen LogP contribution in [0.4, 0.5) is 0 Å². The first kappa shape index (κ1) is 15.5. The van der Waals surface area contributed by atoms with Crippen molar-refractivity contribution in [3.8, 4) is 0 Å². The maximum absolute atomic E-state index is 11.7. The molecular formula is C14H28O2. The second-order valence-electron chi connectivity index (χ2n) is 6.89. The lowest BCUT2D eigenvalue weighted by Crippen LogP contribution is -2.29. The molecule has 0 saturated carbocycles. The van der Waals surface area contributed by atoms with Gasteiger partial charge in [-0.2, -0.15) is 0 Å². The van der Waals surface area contributed by atoms with Crippen LogP contribution in [0.1, 0.15) is 60.8 Å². The fourth-order valence-corrected chi connectivity index (χ4v) is 1.88. The maximum atomic E-state index is 11.7. The number of carbonyl (C=O) groups excluding carboxylic acids is 1. The molecule has 0 aliphatic carbocycles. The van der Waals surface area contributed by atoms with Crippen molar-refractivity contribution < 1.29 is 9.53 Å². The van der Waals surface area contributed by atoms with Crippen molar-refractivity contribution in [1.29, 1.82) is 0 Å². The molecule has 96 valence electrons. The Morgan fingerprint density at radius 2 is 1.62 bits per heavy atom. The summed E-state index contributed by atoms with van der Waals surface area (Å²) in [6, 6.07) is 0. The molecule has 0 heterocycles. The monoisotopic (exact) mass is 228 g/mol. The van der Waals surface area contributed by atoms with Gasteiger partial charge < -0.3 is 4.74 Å². The zero-order valence-corrected chi connectivity index (χ0v) is 12.0. The summed E-state index contributed by atoms with van der Waals surface area (Å²) in [6.07, 6.45) is 3.16. The topological polar surface area (TPSA) is 26.3 Å². The molecule has 0 bridgehead atoms. The number of methoxy groups -OCH3 is 1. The molecule has 0 N–H and O–H groups in total. The van der Waals surface area contributed by atoms with Gasteiger partial charge in [-0.05, 0) is 23.7 Å². The molecular weight excluding hydrogens is 200 g/mol. The molecule has 1 atom stereocenters. The zero-order chi connectivity index (χ0) is 13.0. The average molecular weight is 228 g/mol. The average Bonchev–Trinajstić information content (AvgIpc) is 2.07. The normalized spacial score (nSPS) is 14.7. The highest BCUT2D eigenvalue weighted by atomic mass is 16.5. The highest BCUT2D eigenvalue weighted by Crippen LogP contribution is 2.33. The molecule has 0 fully saturated rings. The fraction of sp³-hybridized carbons (Fsp3) is 0.929. The molecule has 0 rings (SSSR count). The van der Waals surface area contributed by atoms with Gasteiger partial charge in [0.1, 0.15) is 0 Å². The van der Waals surface area contributed by atoms with Gasteiger partial charge in [-0.1, -0.05) is 48.0 Å². The van der Waals surface area contributed by atoms with E-state index in [9.17, 15) is 4.79 Å². The number of esters is 1. The molecule has 16 heavy (non-hydrogen) atoms. The van der Waals surface area contributed by atoms with E-state index >= 15 is 0 Å². The Bertz CT molecular complexity index is 218. The first-order valence-electron chi connectivity index (χ1n) is 6.16. The molecule has 0 aliphatic rings.